The molecule has 1 aliphatic rings. The lowest BCUT2D eigenvalue weighted by Crippen LogP contribution is -2.05. The lowest BCUT2D eigenvalue weighted by Gasteiger charge is -2.08. The van der Waals surface area contributed by atoms with Gasteiger partial charge in [-0.25, -0.2) is 9.79 Å². The molecule has 0 saturated carbocycles. The van der Waals surface area contributed by atoms with Crippen LogP contribution in [0.2, 0.25) is 5.02 Å². The van der Waals surface area contributed by atoms with E-state index in [2.05, 4.69) is 4.99 Å². The Morgan fingerprint density at radius 2 is 1.96 bits per heavy atom. The van der Waals surface area contributed by atoms with E-state index in [0.29, 0.717) is 21.9 Å². The molecule has 0 radical (unpaired) electrons. The van der Waals surface area contributed by atoms with E-state index in [9.17, 15) is 9.59 Å². The van der Waals surface area contributed by atoms with E-state index >= 15 is 0 Å². The van der Waals surface area contributed by atoms with Crippen LogP contribution in [0.1, 0.15) is 18.1 Å². The number of carbonyl (C=O) groups excluding carboxylic acids is 2. The van der Waals surface area contributed by atoms with Crippen LogP contribution in [0.25, 0.3) is 6.08 Å². The van der Waals surface area contributed by atoms with E-state index in [-0.39, 0.29) is 17.3 Å². The molecule has 0 saturated heterocycles. The summed E-state index contributed by atoms with van der Waals surface area (Å²) in [6.07, 6.45) is 1.53. The highest BCUT2D eigenvalue weighted by atomic mass is 35.5. The van der Waals surface area contributed by atoms with E-state index in [1.54, 1.807) is 42.5 Å². The van der Waals surface area contributed by atoms with Crippen molar-refractivity contribution in [1.29, 1.82) is 0 Å². The average Bonchev–Trinajstić information content (AvgIpc) is 2.95. The van der Waals surface area contributed by atoms with Crippen molar-refractivity contribution < 1.29 is 23.8 Å². The average molecular weight is 372 g/mol. The zero-order chi connectivity index (χ0) is 18.7. The van der Waals surface area contributed by atoms with Crippen LogP contribution in [0.4, 0.5) is 0 Å². The predicted octanol–water partition coefficient (Wildman–Crippen LogP) is 3.62. The number of esters is 2. The molecule has 0 unspecified atom stereocenters. The Balaban J connectivity index is 1.96. The van der Waals surface area contributed by atoms with E-state index < -0.39 is 11.9 Å². The quantitative estimate of drug-likeness (QED) is 0.466. The third kappa shape index (κ3) is 3.75. The van der Waals surface area contributed by atoms with E-state index in [4.69, 9.17) is 25.8 Å². The van der Waals surface area contributed by atoms with Gasteiger partial charge in [0.2, 0.25) is 5.90 Å². The molecule has 1 heterocycles. The van der Waals surface area contributed by atoms with Crippen molar-refractivity contribution in [3.05, 3.63) is 64.3 Å². The zero-order valence-electron chi connectivity index (χ0n) is 14.0. The molecule has 0 amide bonds. The zero-order valence-corrected chi connectivity index (χ0v) is 14.7. The first-order valence-electron chi connectivity index (χ1n) is 7.62. The first-order valence-corrected chi connectivity index (χ1v) is 7.99. The number of nitrogens with zero attached hydrogens (tertiary/aromatic N) is 1. The lowest BCUT2D eigenvalue weighted by molar-refractivity contribution is -0.132. The number of methoxy groups -OCH3 is 1. The Bertz CT molecular complexity index is 949. The maximum absolute atomic E-state index is 12.1. The van der Waals surface area contributed by atoms with Gasteiger partial charge in [0, 0.05) is 6.92 Å². The van der Waals surface area contributed by atoms with Crippen LogP contribution in [0, 0.1) is 0 Å². The summed E-state index contributed by atoms with van der Waals surface area (Å²) in [7, 11) is 1.47. The van der Waals surface area contributed by atoms with Crippen LogP contribution in [0.3, 0.4) is 0 Å². The fraction of sp³-hybridized carbons (Fsp3) is 0.105. The van der Waals surface area contributed by atoms with E-state index in [0.717, 1.165) is 0 Å². The largest absolute Gasteiger partial charge is 0.493 e. The summed E-state index contributed by atoms with van der Waals surface area (Å²) < 4.78 is 15.5. The Labute approximate surface area is 154 Å². The molecule has 1 aliphatic heterocycles. The van der Waals surface area contributed by atoms with E-state index in [1.165, 1.54) is 20.1 Å². The molecule has 0 aliphatic carbocycles. The highest BCUT2D eigenvalue weighted by Gasteiger charge is 2.25. The van der Waals surface area contributed by atoms with Gasteiger partial charge in [-0.3, -0.25) is 4.79 Å². The summed E-state index contributed by atoms with van der Waals surface area (Å²) in [5.74, 6) is -0.287. The molecule has 7 heteroatoms. The van der Waals surface area contributed by atoms with E-state index in [1.807, 2.05) is 0 Å². The first-order chi connectivity index (χ1) is 12.5. The second-order valence-electron chi connectivity index (χ2n) is 5.32. The van der Waals surface area contributed by atoms with Gasteiger partial charge >= 0.3 is 11.9 Å². The number of cyclic esters (lactones) is 1. The molecule has 2 aromatic carbocycles. The number of benzene rings is 2. The minimum Gasteiger partial charge on any atom is -0.493 e. The minimum atomic E-state index is -0.593. The Morgan fingerprint density at radius 3 is 2.65 bits per heavy atom. The van der Waals surface area contributed by atoms with Crippen LogP contribution in [-0.4, -0.2) is 24.9 Å². The van der Waals surface area contributed by atoms with Gasteiger partial charge in [0.1, 0.15) is 0 Å². The Hall–Kier alpha value is -3.12. The summed E-state index contributed by atoms with van der Waals surface area (Å²) in [4.78, 5) is 27.5. The van der Waals surface area contributed by atoms with Gasteiger partial charge in [0.15, 0.2) is 17.2 Å². The molecule has 0 bridgehead atoms. The highest BCUT2D eigenvalue weighted by Crippen LogP contribution is 2.30. The smallest absolute Gasteiger partial charge is 0.363 e. The molecule has 6 nitrogen and oxygen atoms in total. The summed E-state index contributed by atoms with van der Waals surface area (Å²) >= 11 is 6.11. The highest BCUT2D eigenvalue weighted by molar-refractivity contribution is 6.34. The maximum atomic E-state index is 12.1. The summed E-state index contributed by atoms with van der Waals surface area (Å²) in [5, 5.41) is 0.432. The summed E-state index contributed by atoms with van der Waals surface area (Å²) in [5.41, 5.74) is 1.23. The minimum absolute atomic E-state index is 0.110. The van der Waals surface area contributed by atoms with Gasteiger partial charge in [-0.05, 0) is 35.9 Å². The second-order valence-corrected chi connectivity index (χ2v) is 5.73. The molecule has 2 aromatic rings. The Kier molecular flexibility index (Phi) is 5.04. The number of halogens is 1. The monoisotopic (exact) mass is 371 g/mol. The predicted molar refractivity (Wildman–Crippen MR) is 96.4 cm³/mol. The molecule has 0 spiro atoms. The molecule has 3 rings (SSSR count). The topological polar surface area (TPSA) is 74.2 Å². The Morgan fingerprint density at radius 1 is 1.19 bits per heavy atom. The second kappa shape index (κ2) is 7.41. The van der Waals surface area contributed by atoms with Gasteiger partial charge in [-0.2, -0.15) is 0 Å². The van der Waals surface area contributed by atoms with Crippen LogP contribution >= 0.6 is 11.6 Å². The normalized spacial score (nSPS) is 14.8. The van der Waals surface area contributed by atoms with Crippen molar-refractivity contribution in [3.63, 3.8) is 0 Å². The lowest BCUT2D eigenvalue weighted by atomic mass is 10.1. The number of hydrogen-bond donors (Lipinski definition) is 0. The fourth-order valence-corrected chi connectivity index (χ4v) is 2.55. The molecule has 132 valence electrons. The molecule has 0 aromatic heterocycles. The van der Waals surface area contributed by atoms with Crippen molar-refractivity contribution in [1.82, 2.24) is 0 Å². The standard InChI is InChI=1S/C19H14ClNO5/c1-11(22)25-17-10-12(7-8-16(17)24-2)9-15-19(23)26-18(21-15)13-5-3-4-6-14(13)20/h3-10H,1-2H3. The summed E-state index contributed by atoms with van der Waals surface area (Å²) in [6.45, 7) is 1.29. The molecule has 26 heavy (non-hydrogen) atoms. The third-order valence-corrected chi connectivity index (χ3v) is 3.80. The number of carbonyl (C=O) groups is 2. The van der Waals surface area contributed by atoms with Crippen LogP contribution in [-0.2, 0) is 14.3 Å². The van der Waals surface area contributed by atoms with Gasteiger partial charge in [-0.1, -0.05) is 29.8 Å². The molecule has 0 fully saturated rings. The summed E-state index contributed by atoms with van der Waals surface area (Å²) in [6, 6.07) is 11.8. The van der Waals surface area contributed by atoms with Gasteiger partial charge in [0.05, 0.1) is 17.7 Å². The van der Waals surface area contributed by atoms with Crippen molar-refractivity contribution in [3.8, 4) is 11.5 Å². The van der Waals surface area contributed by atoms with Crippen LogP contribution in [0.5, 0.6) is 11.5 Å². The van der Waals surface area contributed by atoms with Crippen molar-refractivity contribution >= 4 is 35.5 Å². The van der Waals surface area contributed by atoms with Gasteiger partial charge in [-0.15, -0.1) is 0 Å². The number of hydrogen-bond acceptors (Lipinski definition) is 6. The SMILES string of the molecule is COc1ccc(C=C2N=C(c3ccccc3Cl)OC2=O)cc1OC(C)=O. The number of aliphatic imine (C=N–C) groups is 1. The molecule has 0 atom stereocenters. The van der Waals surface area contributed by atoms with Crippen LogP contribution < -0.4 is 9.47 Å². The maximum Gasteiger partial charge on any atom is 0.363 e. The molecular weight excluding hydrogens is 358 g/mol. The van der Waals surface area contributed by atoms with Crippen LogP contribution in [0.15, 0.2) is 53.2 Å². The molecule has 0 N–H and O–H groups in total. The van der Waals surface area contributed by atoms with Gasteiger partial charge in [0.25, 0.3) is 0 Å². The van der Waals surface area contributed by atoms with Gasteiger partial charge < -0.3 is 14.2 Å². The van der Waals surface area contributed by atoms with Crippen molar-refractivity contribution in [2.75, 3.05) is 7.11 Å². The number of ether oxygens (including phenoxy) is 3. The molecular formula is C19H14ClNO5. The third-order valence-electron chi connectivity index (χ3n) is 3.47. The fourth-order valence-electron chi connectivity index (χ4n) is 2.33. The van der Waals surface area contributed by atoms with Crippen molar-refractivity contribution in [2.45, 2.75) is 6.92 Å². The number of rotatable bonds is 4. The first kappa shape index (κ1) is 17.7. The van der Waals surface area contributed by atoms with Crippen molar-refractivity contribution in [2.24, 2.45) is 4.99 Å².